The van der Waals surface area contributed by atoms with E-state index in [0.717, 1.165) is 19.5 Å². The number of ether oxygens (including phenoxy) is 1. The molecule has 2 heterocycles. The number of fused-ring (bicyclic) bond motifs is 1. The average molecular weight is 506 g/mol. The molecule has 0 spiro atoms. The highest BCUT2D eigenvalue weighted by Crippen LogP contribution is 2.34. The van der Waals surface area contributed by atoms with Gasteiger partial charge in [0.2, 0.25) is 5.13 Å². The van der Waals surface area contributed by atoms with Crippen LogP contribution in [0.2, 0.25) is 15.1 Å². The van der Waals surface area contributed by atoms with Crippen molar-refractivity contribution in [3.63, 3.8) is 0 Å². The number of rotatable bonds is 5. The molecular formula is C19H16Cl4N4O2S. The number of carbonyl (C=O) groups is 1. The quantitative estimate of drug-likeness (QED) is 0.454. The second-order valence-electron chi connectivity index (χ2n) is 6.35. The average Bonchev–Trinajstić information content (AvgIpc) is 3.16. The third kappa shape index (κ3) is 5.35. The number of hydrogen-bond acceptors (Lipinski definition) is 6. The summed E-state index contributed by atoms with van der Waals surface area (Å²) in [6, 6.07) is 8.79. The van der Waals surface area contributed by atoms with E-state index >= 15 is 0 Å². The maximum Gasteiger partial charge on any atom is 0.257 e. The summed E-state index contributed by atoms with van der Waals surface area (Å²) >= 11 is 19.2. The highest BCUT2D eigenvalue weighted by molar-refractivity contribution is 7.15. The Hall–Kier alpha value is -1.61. The van der Waals surface area contributed by atoms with Crippen molar-refractivity contribution in [2.24, 2.45) is 0 Å². The van der Waals surface area contributed by atoms with Gasteiger partial charge in [0.15, 0.2) is 5.01 Å². The van der Waals surface area contributed by atoms with Gasteiger partial charge < -0.3 is 10.1 Å². The summed E-state index contributed by atoms with van der Waals surface area (Å²) in [7, 11) is 0. The summed E-state index contributed by atoms with van der Waals surface area (Å²) in [5.41, 5.74) is 3.02. The van der Waals surface area contributed by atoms with Crippen molar-refractivity contribution in [2.45, 2.75) is 19.6 Å². The molecule has 3 aromatic rings. The molecule has 2 N–H and O–H groups in total. The van der Waals surface area contributed by atoms with Crippen molar-refractivity contribution < 1.29 is 9.53 Å². The van der Waals surface area contributed by atoms with Crippen molar-refractivity contribution in [1.82, 2.24) is 15.5 Å². The standard InChI is InChI=1S/C19H15Cl3N4O2S.ClH/c20-13-6-15(22)16(7-14(13)21)28-9-17-25-26-19(29-17)24-18(27)11-1-2-12-8-23-4-3-10(12)5-11;/h1-2,5-7,23H,3-4,8-9H2,(H,24,26,27);1H. The molecule has 30 heavy (non-hydrogen) atoms. The maximum atomic E-state index is 12.5. The number of nitrogens with zero attached hydrogens (tertiary/aromatic N) is 2. The molecule has 1 amide bonds. The second kappa shape index (κ2) is 10.1. The molecule has 0 saturated carbocycles. The summed E-state index contributed by atoms with van der Waals surface area (Å²) in [5, 5.41) is 16.2. The van der Waals surface area contributed by atoms with Gasteiger partial charge in [0.25, 0.3) is 5.91 Å². The highest BCUT2D eigenvalue weighted by Gasteiger charge is 2.15. The molecule has 6 nitrogen and oxygen atoms in total. The minimum absolute atomic E-state index is 0. The fraction of sp³-hybridized carbons (Fsp3) is 0.211. The Balaban J connectivity index is 0.00000256. The molecule has 4 rings (SSSR count). The highest BCUT2D eigenvalue weighted by atomic mass is 35.5. The van der Waals surface area contributed by atoms with Gasteiger partial charge in [0.05, 0.1) is 15.1 Å². The smallest absolute Gasteiger partial charge is 0.257 e. The van der Waals surface area contributed by atoms with E-state index in [1.807, 2.05) is 18.2 Å². The van der Waals surface area contributed by atoms with Crippen molar-refractivity contribution >= 4 is 69.6 Å². The van der Waals surface area contributed by atoms with Crippen LogP contribution in [-0.2, 0) is 19.6 Å². The van der Waals surface area contributed by atoms with E-state index in [4.69, 9.17) is 39.5 Å². The SMILES string of the molecule is Cl.O=C(Nc1nnc(COc2cc(Cl)c(Cl)cc2Cl)s1)c1ccc2c(c1)CCNC2. The molecule has 2 aromatic carbocycles. The number of benzene rings is 2. The van der Waals surface area contributed by atoms with E-state index in [2.05, 4.69) is 20.8 Å². The van der Waals surface area contributed by atoms with Gasteiger partial charge in [-0.25, -0.2) is 0 Å². The van der Waals surface area contributed by atoms with Crippen LogP contribution >= 0.6 is 58.5 Å². The van der Waals surface area contributed by atoms with Gasteiger partial charge in [0.1, 0.15) is 12.4 Å². The molecule has 1 aliphatic rings. The first-order valence-corrected chi connectivity index (χ1v) is 10.7. The van der Waals surface area contributed by atoms with Crippen LogP contribution in [0.15, 0.2) is 30.3 Å². The zero-order chi connectivity index (χ0) is 20.4. The van der Waals surface area contributed by atoms with Crippen LogP contribution in [0.1, 0.15) is 26.5 Å². The number of hydrogen-bond donors (Lipinski definition) is 2. The lowest BCUT2D eigenvalue weighted by atomic mass is 9.98. The van der Waals surface area contributed by atoms with Crippen molar-refractivity contribution in [3.8, 4) is 5.75 Å². The maximum absolute atomic E-state index is 12.5. The molecule has 0 aliphatic carbocycles. The zero-order valence-corrected chi connectivity index (χ0v) is 19.3. The fourth-order valence-corrected chi connectivity index (χ4v) is 4.14. The van der Waals surface area contributed by atoms with Gasteiger partial charge in [-0.3, -0.25) is 10.1 Å². The molecule has 0 radical (unpaired) electrons. The molecule has 1 aliphatic heterocycles. The Labute approximate surface area is 198 Å². The predicted molar refractivity (Wildman–Crippen MR) is 123 cm³/mol. The van der Waals surface area contributed by atoms with Gasteiger partial charge in [0, 0.05) is 18.2 Å². The second-order valence-corrected chi connectivity index (χ2v) is 8.63. The first kappa shape index (κ1) is 23.1. The molecular weight excluding hydrogens is 490 g/mol. The van der Waals surface area contributed by atoms with Crippen LogP contribution in [0.25, 0.3) is 0 Å². The number of nitrogens with one attached hydrogen (secondary N) is 2. The number of halogens is 4. The Morgan fingerprint density at radius 2 is 1.90 bits per heavy atom. The molecule has 0 unspecified atom stereocenters. The summed E-state index contributed by atoms with van der Waals surface area (Å²) < 4.78 is 5.64. The van der Waals surface area contributed by atoms with E-state index < -0.39 is 0 Å². The van der Waals surface area contributed by atoms with Crippen molar-refractivity contribution in [1.29, 1.82) is 0 Å². The van der Waals surface area contributed by atoms with E-state index in [-0.39, 0.29) is 24.9 Å². The van der Waals surface area contributed by atoms with Gasteiger partial charge in [-0.05, 0) is 42.3 Å². The minimum Gasteiger partial charge on any atom is -0.485 e. The summed E-state index contributed by atoms with van der Waals surface area (Å²) in [5.74, 6) is 0.174. The van der Waals surface area contributed by atoms with Crippen LogP contribution in [0.3, 0.4) is 0 Å². The van der Waals surface area contributed by atoms with Crippen LogP contribution in [0, 0.1) is 0 Å². The number of aromatic nitrogens is 2. The lowest BCUT2D eigenvalue weighted by Crippen LogP contribution is -2.24. The lowest BCUT2D eigenvalue weighted by molar-refractivity contribution is 0.102. The van der Waals surface area contributed by atoms with Crippen LogP contribution in [-0.4, -0.2) is 22.6 Å². The third-order valence-corrected chi connectivity index (χ3v) is 6.20. The predicted octanol–water partition coefficient (Wildman–Crippen LogP) is 5.40. The lowest BCUT2D eigenvalue weighted by Gasteiger charge is -2.17. The largest absolute Gasteiger partial charge is 0.485 e. The summed E-state index contributed by atoms with van der Waals surface area (Å²) in [6.07, 6.45) is 0.911. The first-order valence-electron chi connectivity index (χ1n) is 8.73. The number of amides is 1. The molecule has 0 saturated heterocycles. The van der Waals surface area contributed by atoms with Gasteiger partial charge in [-0.15, -0.1) is 22.6 Å². The van der Waals surface area contributed by atoms with Gasteiger partial charge >= 0.3 is 0 Å². The summed E-state index contributed by atoms with van der Waals surface area (Å²) in [6.45, 7) is 1.89. The first-order chi connectivity index (χ1) is 14.0. The summed E-state index contributed by atoms with van der Waals surface area (Å²) in [4.78, 5) is 12.5. The third-order valence-electron chi connectivity index (χ3n) is 4.37. The van der Waals surface area contributed by atoms with Crippen LogP contribution < -0.4 is 15.4 Å². The Bertz CT molecular complexity index is 1080. The fourth-order valence-electron chi connectivity index (χ4n) is 2.90. The van der Waals surface area contributed by atoms with E-state index in [1.165, 1.54) is 28.5 Å². The van der Waals surface area contributed by atoms with E-state index in [9.17, 15) is 4.79 Å². The van der Waals surface area contributed by atoms with Crippen LogP contribution in [0.5, 0.6) is 5.75 Å². The topological polar surface area (TPSA) is 76.1 Å². The van der Waals surface area contributed by atoms with Crippen LogP contribution in [0.4, 0.5) is 5.13 Å². The number of carbonyl (C=O) groups excluding carboxylic acids is 1. The minimum atomic E-state index is -0.220. The number of anilines is 1. The Morgan fingerprint density at radius 1 is 1.10 bits per heavy atom. The van der Waals surface area contributed by atoms with Gasteiger partial charge in [-0.2, -0.15) is 0 Å². The molecule has 0 bridgehead atoms. The Morgan fingerprint density at radius 3 is 2.73 bits per heavy atom. The normalized spacial score (nSPS) is 12.6. The monoisotopic (exact) mass is 504 g/mol. The molecule has 1 aromatic heterocycles. The zero-order valence-electron chi connectivity index (χ0n) is 15.4. The van der Waals surface area contributed by atoms with Crippen molar-refractivity contribution in [2.75, 3.05) is 11.9 Å². The van der Waals surface area contributed by atoms with Gasteiger partial charge in [-0.1, -0.05) is 52.2 Å². The molecule has 11 heteroatoms. The van der Waals surface area contributed by atoms with Crippen molar-refractivity contribution in [3.05, 3.63) is 67.1 Å². The van der Waals surface area contributed by atoms with E-state index in [1.54, 1.807) is 6.07 Å². The Kier molecular flexibility index (Phi) is 7.79. The molecule has 0 atom stereocenters. The molecule has 0 fully saturated rings. The molecule has 158 valence electrons. The van der Waals surface area contributed by atoms with E-state index in [0.29, 0.717) is 36.5 Å².